The highest BCUT2D eigenvalue weighted by atomic mass is 32.2. The van der Waals surface area contributed by atoms with E-state index in [9.17, 15) is 13.2 Å². The van der Waals surface area contributed by atoms with Crippen molar-refractivity contribution in [3.8, 4) is 5.75 Å². The third-order valence-electron chi connectivity index (χ3n) is 4.25. The molecule has 146 valence electrons. The van der Waals surface area contributed by atoms with Gasteiger partial charge in [0.25, 0.3) is 0 Å². The van der Waals surface area contributed by atoms with E-state index in [1.807, 2.05) is 62.4 Å². The molecule has 0 bridgehead atoms. The predicted octanol–water partition coefficient (Wildman–Crippen LogP) is 2.64. The maximum atomic E-state index is 12.5. The molecule has 27 heavy (non-hydrogen) atoms. The van der Waals surface area contributed by atoms with Gasteiger partial charge in [-0.3, -0.25) is 4.79 Å². The fourth-order valence-electron chi connectivity index (χ4n) is 2.74. The number of hydrogen-bond donors (Lipinski definition) is 1. The molecule has 0 fully saturated rings. The minimum atomic E-state index is -3.53. The summed E-state index contributed by atoms with van der Waals surface area (Å²) in [5.74, 6) is 0.302. The smallest absolute Gasteiger partial charge is 0.235 e. The molecule has 6 nitrogen and oxygen atoms in total. The number of methoxy groups -OCH3 is 1. The second kappa shape index (κ2) is 9.01. The van der Waals surface area contributed by atoms with Gasteiger partial charge < -0.3 is 10.1 Å². The number of carbonyl (C=O) groups is 1. The molecule has 0 aromatic heterocycles. The van der Waals surface area contributed by atoms with Crippen molar-refractivity contribution in [1.82, 2.24) is 9.62 Å². The Morgan fingerprint density at radius 1 is 1.15 bits per heavy atom. The van der Waals surface area contributed by atoms with Gasteiger partial charge in [0.15, 0.2) is 0 Å². The second-order valence-electron chi connectivity index (χ2n) is 6.55. The van der Waals surface area contributed by atoms with Gasteiger partial charge in [-0.05, 0) is 25.5 Å². The molecule has 0 aliphatic heterocycles. The van der Waals surface area contributed by atoms with Crippen molar-refractivity contribution in [2.45, 2.75) is 26.4 Å². The number of para-hydroxylation sites is 1. The van der Waals surface area contributed by atoms with Gasteiger partial charge in [-0.25, -0.2) is 8.42 Å². The number of rotatable bonds is 8. The number of aryl methyl sites for hydroxylation is 1. The zero-order valence-corrected chi connectivity index (χ0v) is 16.9. The van der Waals surface area contributed by atoms with E-state index in [4.69, 9.17) is 4.74 Å². The number of hydrogen-bond acceptors (Lipinski definition) is 4. The van der Waals surface area contributed by atoms with E-state index in [2.05, 4.69) is 5.32 Å². The first kappa shape index (κ1) is 20.9. The number of nitrogens with zero attached hydrogens (tertiary/aromatic N) is 1. The molecular weight excluding hydrogens is 364 g/mol. The lowest BCUT2D eigenvalue weighted by Crippen LogP contribution is -2.40. The van der Waals surface area contributed by atoms with E-state index < -0.39 is 10.0 Å². The highest BCUT2D eigenvalue weighted by Crippen LogP contribution is 2.24. The van der Waals surface area contributed by atoms with Gasteiger partial charge in [-0.2, -0.15) is 4.31 Å². The topological polar surface area (TPSA) is 75.7 Å². The molecule has 2 aromatic rings. The predicted molar refractivity (Wildman–Crippen MR) is 106 cm³/mol. The molecule has 0 radical (unpaired) electrons. The highest BCUT2D eigenvalue weighted by Gasteiger charge is 2.22. The Balaban J connectivity index is 2.08. The summed E-state index contributed by atoms with van der Waals surface area (Å²) >= 11 is 0. The van der Waals surface area contributed by atoms with Crippen LogP contribution in [0.3, 0.4) is 0 Å². The minimum Gasteiger partial charge on any atom is -0.496 e. The molecule has 1 unspecified atom stereocenters. The van der Waals surface area contributed by atoms with E-state index in [0.29, 0.717) is 5.75 Å². The molecule has 0 heterocycles. The van der Waals surface area contributed by atoms with Crippen LogP contribution < -0.4 is 10.1 Å². The van der Waals surface area contributed by atoms with Crippen LogP contribution in [-0.2, 0) is 21.4 Å². The van der Waals surface area contributed by atoms with E-state index in [1.165, 1.54) is 4.31 Å². The molecule has 1 amide bonds. The summed E-state index contributed by atoms with van der Waals surface area (Å²) in [5, 5.41) is 2.84. The molecule has 0 saturated carbocycles. The van der Waals surface area contributed by atoms with Crippen molar-refractivity contribution in [1.29, 1.82) is 0 Å². The van der Waals surface area contributed by atoms with Gasteiger partial charge in [-0.15, -0.1) is 0 Å². The molecule has 0 aliphatic rings. The third kappa shape index (κ3) is 6.08. The van der Waals surface area contributed by atoms with E-state index >= 15 is 0 Å². The van der Waals surface area contributed by atoms with E-state index in [-0.39, 0.29) is 25.0 Å². The Labute approximate surface area is 161 Å². The normalized spacial score (nSPS) is 12.6. The number of ether oxygens (including phenoxy) is 1. The first-order valence-electron chi connectivity index (χ1n) is 8.63. The maximum Gasteiger partial charge on any atom is 0.235 e. The molecule has 7 heteroatoms. The van der Waals surface area contributed by atoms with Crippen LogP contribution in [0.25, 0.3) is 0 Å². The van der Waals surface area contributed by atoms with Crippen molar-refractivity contribution in [2.75, 3.05) is 19.9 Å². The average Bonchev–Trinajstić information content (AvgIpc) is 2.62. The van der Waals surface area contributed by atoms with Crippen LogP contribution in [0.1, 0.15) is 29.7 Å². The summed E-state index contributed by atoms with van der Waals surface area (Å²) in [6.07, 6.45) is 1.11. The first-order valence-corrected chi connectivity index (χ1v) is 10.5. The lowest BCUT2D eigenvalue weighted by Gasteiger charge is -2.22. The Bertz CT molecular complexity index is 879. The van der Waals surface area contributed by atoms with Gasteiger partial charge in [0, 0.05) is 12.1 Å². The standard InChI is InChI=1S/C20H26N2O4S/c1-15-9-11-17(12-10-15)13-22(27(4,24)25)14-20(23)21-16(2)18-7-5-6-8-19(18)26-3/h5-12,16H,13-14H2,1-4H3,(H,21,23). The molecule has 0 aliphatic carbocycles. The second-order valence-corrected chi connectivity index (χ2v) is 8.53. The monoisotopic (exact) mass is 390 g/mol. The Morgan fingerprint density at radius 3 is 2.37 bits per heavy atom. The summed E-state index contributed by atoms with van der Waals surface area (Å²) in [6.45, 7) is 3.70. The van der Waals surface area contributed by atoms with Crippen LogP contribution in [0.4, 0.5) is 0 Å². The van der Waals surface area contributed by atoms with Crippen molar-refractivity contribution in [3.05, 3.63) is 65.2 Å². The largest absolute Gasteiger partial charge is 0.496 e. The Kier molecular flexibility index (Phi) is 6.98. The highest BCUT2D eigenvalue weighted by molar-refractivity contribution is 7.88. The first-order chi connectivity index (χ1) is 12.7. The van der Waals surface area contributed by atoms with Crippen molar-refractivity contribution in [2.24, 2.45) is 0 Å². The fraction of sp³-hybridized carbons (Fsp3) is 0.350. The molecule has 0 saturated heterocycles. The SMILES string of the molecule is COc1ccccc1C(C)NC(=O)CN(Cc1ccc(C)cc1)S(C)(=O)=O. The van der Waals surface area contributed by atoms with Crippen molar-refractivity contribution >= 4 is 15.9 Å². The fourth-order valence-corrected chi connectivity index (χ4v) is 3.47. The van der Waals surface area contributed by atoms with Gasteiger partial charge in [0.2, 0.25) is 15.9 Å². The Morgan fingerprint density at radius 2 is 1.78 bits per heavy atom. The van der Waals surface area contributed by atoms with Crippen molar-refractivity contribution < 1.29 is 17.9 Å². The summed E-state index contributed by atoms with van der Waals surface area (Å²) in [6, 6.07) is 14.6. The maximum absolute atomic E-state index is 12.5. The van der Waals surface area contributed by atoms with E-state index in [1.54, 1.807) is 7.11 Å². The van der Waals surface area contributed by atoms with Gasteiger partial charge in [0.1, 0.15) is 5.75 Å². The molecular formula is C20H26N2O4S. The number of sulfonamides is 1. The van der Waals surface area contributed by atoms with Crippen LogP contribution >= 0.6 is 0 Å². The molecule has 2 rings (SSSR count). The Hall–Kier alpha value is -2.38. The third-order valence-corrected chi connectivity index (χ3v) is 5.45. The quantitative estimate of drug-likeness (QED) is 0.752. The molecule has 0 spiro atoms. The minimum absolute atomic E-state index is 0.148. The van der Waals surface area contributed by atoms with Gasteiger partial charge in [0.05, 0.1) is 26.0 Å². The summed E-state index contributed by atoms with van der Waals surface area (Å²) in [5.41, 5.74) is 2.75. The zero-order valence-electron chi connectivity index (χ0n) is 16.1. The number of amides is 1. The molecule has 1 N–H and O–H groups in total. The summed E-state index contributed by atoms with van der Waals surface area (Å²) < 4.78 is 30.7. The lowest BCUT2D eigenvalue weighted by molar-refractivity contribution is -0.122. The lowest BCUT2D eigenvalue weighted by atomic mass is 10.1. The summed E-state index contributed by atoms with van der Waals surface area (Å²) in [7, 11) is -1.96. The summed E-state index contributed by atoms with van der Waals surface area (Å²) in [4.78, 5) is 12.5. The number of nitrogens with one attached hydrogen (secondary N) is 1. The van der Waals surface area contributed by atoms with Crippen LogP contribution in [0.15, 0.2) is 48.5 Å². The molecule has 2 aromatic carbocycles. The van der Waals surface area contributed by atoms with Crippen LogP contribution in [-0.4, -0.2) is 38.5 Å². The van der Waals surface area contributed by atoms with Crippen LogP contribution in [0.2, 0.25) is 0 Å². The number of carbonyl (C=O) groups excluding carboxylic acids is 1. The van der Waals surface area contributed by atoms with Crippen LogP contribution in [0.5, 0.6) is 5.75 Å². The molecule has 1 atom stereocenters. The average molecular weight is 391 g/mol. The van der Waals surface area contributed by atoms with E-state index in [0.717, 1.165) is 22.9 Å². The van der Waals surface area contributed by atoms with Crippen molar-refractivity contribution in [3.63, 3.8) is 0 Å². The number of benzene rings is 2. The zero-order chi connectivity index (χ0) is 20.0. The van der Waals surface area contributed by atoms with Gasteiger partial charge >= 0.3 is 0 Å². The van der Waals surface area contributed by atoms with Gasteiger partial charge in [-0.1, -0.05) is 48.0 Å². The van der Waals surface area contributed by atoms with Crippen LogP contribution in [0, 0.1) is 6.92 Å².